The van der Waals surface area contributed by atoms with Gasteiger partial charge in [0.05, 0.1) is 48.7 Å². The number of fused-ring (bicyclic) bond motifs is 2. The van der Waals surface area contributed by atoms with E-state index in [9.17, 15) is 0 Å². The van der Waals surface area contributed by atoms with Gasteiger partial charge in [-0.25, -0.2) is 9.97 Å². The van der Waals surface area contributed by atoms with Gasteiger partial charge in [-0.15, -0.1) is 0 Å². The highest BCUT2D eigenvalue weighted by atomic mass is 16.5. The molecule has 0 spiro atoms. The van der Waals surface area contributed by atoms with E-state index in [1.54, 1.807) is 10.7 Å². The van der Waals surface area contributed by atoms with Crippen LogP contribution in [0.3, 0.4) is 0 Å². The Morgan fingerprint density at radius 3 is 2.81 bits per heavy atom. The second-order valence-electron chi connectivity index (χ2n) is 7.43. The standard InChI is InChI=1S/C22H20N8O/c1-2-16-13-24-28-19(16)11-15(1)18-12-22(30-21(26-18)5-6-25-30)27-20-4-3-17(14-23-20)29-7-9-31-10-8-29/h1-6,11-14H,7-10H2,(H,23,27)(H,24,28). The van der Waals surface area contributed by atoms with Crippen molar-refractivity contribution in [1.29, 1.82) is 0 Å². The zero-order valence-corrected chi connectivity index (χ0v) is 16.7. The van der Waals surface area contributed by atoms with Crippen LogP contribution in [0.15, 0.2) is 61.1 Å². The third-order valence-electron chi connectivity index (χ3n) is 5.48. The first-order valence-electron chi connectivity index (χ1n) is 10.2. The van der Waals surface area contributed by atoms with Gasteiger partial charge in [0, 0.05) is 36.2 Å². The summed E-state index contributed by atoms with van der Waals surface area (Å²) in [5.41, 5.74) is 4.68. The molecule has 2 N–H and O–H groups in total. The van der Waals surface area contributed by atoms with E-state index >= 15 is 0 Å². The van der Waals surface area contributed by atoms with Gasteiger partial charge < -0.3 is 15.0 Å². The molecule has 5 heterocycles. The zero-order chi connectivity index (χ0) is 20.6. The lowest BCUT2D eigenvalue weighted by Crippen LogP contribution is -2.36. The van der Waals surface area contributed by atoms with E-state index in [0.717, 1.165) is 71.4 Å². The molecule has 0 bridgehead atoms. The van der Waals surface area contributed by atoms with Gasteiger partial charge in [0.1, 0.15) is 11.6 Å². The van der Waals surface area contributed by atoms with Crippen molar-refractivity contribution in [2.45, 2.75) is 0 Å². The van der Waals surface area contributed by atoms with Crippen LogP contribution in [0.5, 0.6) is 0 Å². The second kappa shape index (κ2) is 7.37. The number of anilines is 3. The van der Waals surface area contributed by atoms with Crippen LogP contribution in [0, 0.1) is 0 Å². The van der Waals surface area contributed by atoms with Crippen LogP contribution in [0.2, 0.25) is 0 Å². The summed E-state index contributed by atoms with van der Waals surface area (Å²) >= 11 is 0. The lowest BCUT2D eigenvalue weighted by molar-refractivity contribution is 0.122. The molecular weight excluding hydrogens is 392 g/mol. The topological polar surface area (TPSA) is 96.3 Å². The van der Waals surface area contributed by atoms with Gasteiger partial charge in [-0.05, 0) is 18.2 Å². The Kier molecular flexibility index (Phi) is 4.24. The summed E-state index contributed by atoms with van der Waals surface area (Å²) in [6.45, 7) is 3.27. The number of rotatable bonds is 4. The molecule has 0 atom stereocenters. The average Bonchev–Trinajstić information content (AvgIpc) is 3.49. The Bertz CT molecular complexity index is 1350. The number of morpholine rings is 1. The first-order valence-corrected chi connectivity index (χ1v) is 10.2. The Morgan fingerprint density at radius 1 is 1.00 bits per heavy atom. The Labute approximate surface area is 177 Å². The molecule has 154 valence electrons. The normalized spacial score (nSPS) is 14.4. The highest BCUT2D eigenvalue weighted by Crippen LogP contribution is 2.27. The molecule has 0 saturated carbocycles. The molecule has 0 amide bonds. The molecule has 9 heteroatoms. The van der Waals surface area contributed by atoms with E-state index in [0.29, 0.717) is 0 Å². The number of aromatic nitrogens is 6. The van der Waals surface area contributed by atoms with Crippen LogP contribution >= 0.6 is 0 Å². The first kappa shape index (κ1) is 17.8. The Balaban J connectivity index is 1.33. The second-order valence-corrected chi connectivity index (χ2v) is 7.43. The van der Waals surface area contributed by atoms with E-state index < -0.39 is 0 Å². The van der Waals surface area contributed by atoms with Crippen molar-refractivity contribution in [3.05, 3.63) is 61.1 Å². The van der Waals surface area contributed by atoms with E-state index in [2.05, 4.69) is 42.6 Å². The molecule has 1 saturated heterocycles. The summed E-state index contributed by atoms with van der Waals surface area (Å²) in [6, 6.07) is 14.1. The fourth-order valence-electron chi connectivity index (χ4n) is 3.85. The number of pyridine rings is 1. The van der Waals surface area contributed by atoms with Gasteiger partial charge in [-0.3, -0.25) is 5.10 Å². The summed E-state index contributed by atoms with van der Waals surface area (Å²) in [5.74, 6) is 1.54. The van der Waals surface area contributed by atoms with Crippen molar-refractivity contribution in [2.24, 2.45) is 0 Å². The van der Waals surface area contributed by atoms with Crippen molar-refractivity contribution in [2.75, 3.05) is 36.5 Å². The molecule has 4 aromatic heterocycles. The molecule has 0 unspecified atom stereocenters. The van der Waals surface area contributed by atoms with E-state index in [1.807, 2.05) is 42.7 Å². The fourth-order valence-corrected chi connectivity index (χ4v) is 3.85. The van der Waals surface area contributed by atoms with E-state index in [1.165, 1.54) is 0 Å². The van der Waals surface area contributed by atoms with Crippen LogP contribution in [0.1, 0.15) is 0 Å². The van der Waals surface area contributed by atoms with E-state index in [4.69, 9.17) is 9.72 Å². The predicted octanol–water partition coefficient (Wildman–Crippen LogP) is 3.25. The third-order valence-corrected chi connectivity index (χ3v) is 5.48. The highest BCUT2D eigenvalue weighted by Gasteiger charge is 2.13. The summed E-state index contributed by atoms with van der Waals surface area (Å²) < 4.78 is 7.20. The van der Waals surface area contributed by atoms with Crippen molar-refractivity contribution in [3.8, 4) is 11.3 Å². The summed E-state index contributed by atoms with van der Waals surface area (Å²) in [5, 5.41) is 16.0. The van der Waals surface area contributed by atoms with Gasteiger partial charge >= 0.3 is 0 Å². The van der Waals surface area contributed by atoms with Crippen LogP contribution in [-0.2, 0) is 4.74 Å². The zero-order valence-electron chi connectivity index (χ0n) is 16.7. The predicted molar refractivity (Wildman–Crippen MR) is 119 cm³/mol. The average molecular weight is 412 g/mol. The van der Waals surface area contributed by atoms with Gasteiger partial charge in [-0.2, -0.15) is 14.7 Å². The molecule has 31 heavy (non-hydrogen) atoms. The SMILES string of the molecule is c1cc2nc(-c3ccc4cn[nH]c4c3)cc(Nc3ccc(N4CCOCC4)cn3)n2n1. The number of ether oxygens (including phenoxy) is 1. The van der Waals surface area contributed by atoms with Gasteiger partial charge in [0.25, 0.3) is 0 Å². The summed E-state index contributed by atoms with van der Waals surface area (Å²) in [7, 11) is 0. The number of nitrogens with one attached hydrogen (secondary N) is 2. The van der Waals surface area contributed by atoms with Crippen LogP contribution < -0.4 is 10.2 Å². The molecule has 1 fully saturated rings. The third kappa shape index (κ3) is 3.34. The monoisotopic (exact) mass is 412 g/mol. The maximum absolute atomic E-state index is 5.43. The minimum absolute atomic E-state index is 0.745. The van der Waals surface area contributed by atoms with Crippen molar-refractivity contribution >= 4 is 33.9 Å². The largest absolute Gasteiger partial charge is 0.378 e. The number of nitrogens with zero attached hydrogens (tertiary/aromatic N) is 6. The maximum atomic E-state index is 5.43. The first-order chi connectivity index (χ1) is 15.3. The molecule has 1 aliphatic rings. The fraction of sp³-hybridized carbons (Fsp3) is 0.182. The lowest BCUT2D eigenvalue weighted by Gasteiger charge is -2.28. The van der Waals surface area contributed by atoms with Crippen molar-refractivity contribution in [1.82, 2.24) is 29.8 Å². The molecule has 6 rings (SSSR count). The molecule has 5 aromatic rings. The smallest absolute Gasteiger partial charge is 0.157 e. The highest BCUT2D eigenvalue weighted by molar-refractivity contribution is 5.83. The number of H-pyrrole nitrogens is 1. The van der Waals surface area contributed by atoms with Crippen LogP contribution in [0.4, 0.5) is 17.3 Å². The van der Waals surface area contributed by atoms with Crippen molar-refractivity contribution in [3.63, 3.8) is 0 Å². The maximum Gasteiger partial charge on any atom is 0.157 e. The van der Waals surface area contributed by atoms with Gasteiger partial charge in [0.2, 0.25) is 0 Å². The summed E-state index contributed by atoms with van der Waals surface area (Å²) in [4.78, 5) is 11.6. The van der Waals surface area contributed by atoms with E-state index in [-0.39, 0.29) is 0 Å². The molecule has 1 aromatic carbocycles. The van der Waals surface area contributed by atoms with Crippen LogP contribution in [0.25, 0.3) is 27.8 Å². The molecular formula is C22H20N8O. The Morgan fingerprint density at radius 2 is 1.94 bits per heavy atom. The quantitative estimate of drug-likeness (QED) is 0.468. The summed E-state index contributed by atoms with van der Waals surface area (Å²) in [6.07, 6.45) is 5.44. The number of benzene rings is 1. The number of hydrogen-bond donors (Lipinski definition) is 2. The molecule has 9 nitrogen and oxygen atoms in total. The minimum atomic E-state index is 0.745. The van der Waals surface area contributed by atoms with Gasteiger partial charge in [-0.1, -0.05) is 12.1 Å². The molecule has 0 radical (unpaired) electrons. The van der Waals surface area contributed by atoms with Crippen molar-refractivity contribution < 1.29 is 4.74 Å². The van der Waals surface area contributed by atoms with Crippen LogP contribution in [-0.4, -0.2) is 56.1 Å². The Hall–Kier alpha value is -3.98. The number of hydrogen-bond acceptors (Lipinski definition) is 7. The minimum Gasteiger partial charge on any atom is -0.378 e. The number of aromatic amines is 1. The molecule has 0 aliphatic carbocycles. The lowest BCUT2D eigenvalue weighted by atomic mass is 10.1. The van der Waals surface area contributed by atoms with Gasteiger partial charge in [0.15, 0.2) is 5.65 Å². The molecule has 1 aliphatic heterocycles.